The maximum Gasteiger partial charge on any atom is 0.170 e. The normalized spacial score (nSPS) is 12.4. The van der Waals surface area contributed by atoms with Gasteiger partial charge in [-0.2, -0.15) is 0 Å². The number of nitrogens with zero attached hydrogens (tertiary/aromatic N) is 1. The molecule has 2 N–H and O–H groups in total. The molecule has 0 aliphatic heterocycles. The average Bonchev–Trinajstić information content (AvgIpc) is 2.58. The largest absolute Gasteiger partial charge is 0.493 e. The molecule has 24 heavy (non-hydrogen) atoms. The Morgan fingerprint density at radius 1 is 1.17 bits per heavy atom. The molecule has 5 heteroatoms. The van der Waals surface area contributed by atoms with Crippen LogP contribution in [-0.4, -0.2) is 37.8 Å². The Morgan fingerprint density at radius 2 is 1.96 bits per heavy atom. The second-order valence-corrected chi connectivity index (χ2v) is 6.36. The summed E-state index contributed by atoms with van der Waals surface area (Å²) in [5.74, 6) is 1.44. The van der Waals surface area contributed by atoms with Crippen LogP contribution >= 0.6 is 0 Å². The number of methoxy groups -OCH3 is 2. The second kappa shape index (κ2) is 8.73. The zero-order chi connectivity index (χ0) is 17.5. The SMILES string of the molecule is COc1cc(N[C@H](C)CCCNC(C)C)c2ncccc2c1OC. The molecule has 1 atom stereocenters. The summed E-state index contributed by atoms with van der Waals surface area (Å²) in [6.45, 7) is 7.57. The van der Waals surface area contributed by atoms with E-state index in [-0.39, 0.29) is 0 Å². The molecule has 2 aromatic rings. The van der Waals surface area contributed by atoms with Crippen LogP contribution in [0.25, 0.3) is 10.9 Å². The van der Waals surface area contributed by atoms with Gasteiger partial charge in [-0.1, -0.05) is 13.8 Å². The Bertz CT molecular complexity index is 658. The van der Waals surface area contributed by atoms with Gasteiger partial charge in [-0.15, -0.1) is 0 Å². The van der Waals surface area contributed by atoms with Gasteiger partial charge in [0.25, 0.3) is 0 Å². The fourth-order valence-electron chi connectivity index (χ4n) is 2.81. The average molecular weight is 331 g/mol. The molecule has 0 aliphatic carbocycles. The molecule has 0 saturated heterocycles. The third-order valence-electron chi connectivity index (χ3n) is 4.00. The minimum atomic E-state index is 0.349. The summed E-state index contributed by atoms with van der Waals surface area (Å²) in [4.78, 5) is 4.53. The van der Waals surface area contributed by atoms with Gasteiger partial charge in [-0.25, -0.2) is 0 Å². The summed E-state index contributed by atoms with van der Waals surface area (Å²) in [7, 11) is 3.31. The summed E-state index contributed by atoms with van der Waals surface area (Å²) in [5, 5.41) is 7.98. The van der Waals surface area contributed by atoms with E-state index in [0.29, 0.717) is 17.8 Å². The quantitative estimate of drug-likeness (QED) is 0.684. The van der Waals surface area contributed by atoms with Gasteiger partial charge in [0.2, 0.25) is 0 Å². The molecule has 0 radical (unpaired) electrons. The van der Waals surface area contributed by atoms with Crippen molar-refractivity contribution in [3.05, 3.63) is 24.4 Å². The van der Waals surface area contributed by atoms with Crippen molar-refractivity contribution in [1.82, 2.24) is 10.3 Å². The van der Waals surface area contributed by atoms with Gasteiger partial charge < -0.3 is 20.1 Å². The summed E-state index contributed by atoms with van der Waals surface area (Å²) >= 11 is 0. The fourth-order valence-corrected chi connectivity index (χ4v) is 2.81. The van der Waals surface area contributed by atoms with Crippen molar-refractivity contribution >= 4 is 16.6 Å². The van der Waals surface area contributed by atoms with Crippen LogP contribution < -0.4 is 20.1 Å². The van der Waals surface area contributed by atoms with Crippen molar-refractivity contribution in [2.75, 3.05) is 26.1 Å². The van der Waals surface area contributed by atoms with Crippen LogP contribution in [0.1, 0.15) is 33.6 Å². The minimum Gasteiger partial charge on any atom is -0.493 e. The van der Waals surface area contributed by atoms with E-state index < -0.39 is 0 Å². The minimum absolute atomic E-state index is 0.349. The lowest BCUT2D eigenvalue weighted by Gasteiger charge is -2.19. The highest BCUT2D eigenvalue weighted by atomic mass is 16.5. The third-order valence-corrected chi connectivity index (χ3v) is 4.00. The zero-order valence-electron chi connectivity index (χ0n) is 15.3. The van der Waals surface area contributed by atoms with Crippen molar-refractivity contribution in [3.8, 4) is 11.5 Å². The number of benzene rings is 1. The van der Waals surface area contributed by atoms with Gasteiger partial charge in [0.15, 0.2) is 11.5 Å². The van der Waals surface area contributed by atoms with E-state index in [9.17, 15) is 0 Å². The molecule has 0 spiro atoms. The Labute approximate surface area is 144 Å². The van der Waals surface area contributed by atoms with Gasteiger partial charge in [-0.3, -0.25) is 4.98 Å². The first-order valence-electron chi connectivity index (χ1n) is 8.56. The molecule has 0 aliphatic rings. The van der Waals surface area contributed by atoms with Gasteiger partial charge in [0, 0.05) is 29.7 Å². The summed E-state index contributed by atoms with van der Waals surface area (Å²) in [5.41, 5.74) is 1.88. The molecule has 2 rings (SSSR count). The van der Waals surface area contributed by atoms with Crippen LogP contribution in [0.4, 0.5) is 5.69 Å². The lowest BCUT2D eigenvalue weighted by Crippen LogP contribution is -2.25. The molecule has 0 saturated carbocycles. The van der Waals surface area contributed by atoms with Crippen LogP contribution in [0.2, 0.25) is 0 Å². The van der Waals surface area contributed by atoms with E-state index in [2.05, 4.69) is 36.4 Å². The fraction of sp³-hybridized carbons (Fsp3) is 0.526. The molecule has 1 heterocycles. The molecular weight excluding hydrogens is 302 g/mol. The highest BCUT2D eigenvalue weighted by molar-refractivity contribution is 5.97. The number of pyridine rings is 1. The standard InChI is InChI=1S/C19H29N3O2/c1-13(2)20-10-6-8-14(3)22-16-12-17(23-4)19(24-5)15-9-7-11-21-18(15)16/h7,9,11-14,20,22H,6,8,10H2,1-5H3/t14-/m1/s1. The maximum absolute atomic E-state index is 5.51. The molecule has 0 unspecified atom stereocenters. The van der Waals surface area contributed by atoms with Crippen molar-refractivity contribution in [3.63, 3.8) is 0 Å². The molecule has 0 fully saturated rings. The van der Waals surface area contributed by atoms with Crippen molar-refractivity contribution in [1.29, 1.82) is 0 Å². The molecule has 0 bridgehead atoms. The van der Waals surface area contributed by atoms with E-state index in [1.165, 1.54) is 0 Å². The van der Waals surface area contributed by atoms with E-state index in [1.54, 1.807) is 20.4 Å². The Hall–Kier alpha value is -2.01. The van der Waals surface area contributed by atoms with Crippen LogP contribution in [0.3, 0.4) is 0 Å². The van der Waals surface area contributed by atoms with Gasteiger partial charge in [-0.05, 0) is 38.4 Å². The van der Waals surface area contributed by atoms with Crippen LogP contribution in [0.15, 0.2) is 24.4 Å². The highest BCUT2D eigenvalue weighted by Crippen LogP contribution is 2.39. The lowest BCUT2D eigenvalue weighted by atomic mass is 10.1. The molecule has 5 nitrogen and oxygen atoms in total. The van der Waals surface area contributed by atoms with Crippen LogP contribution in [0, 0.1) is 0 Å². The molecular formula is C19H29N3O2. The topological polar surface area (TPSA) is 55.4 Å². The van der Waals surface area contributed by atoms with Gasteiger partial charge >= 0.3 is 0 Å². The predicted octanol–water partition coefficient (Wildman–Crippen LogP) is 3.83. The number of hydrogen-bond acceptors (Lipinski definition) is 5. The third kappa shape index (κ3) is 4.51. The summed E-state index contributed by atoms with van der Waals surface area (Å²) < 4.78 is 11.0. The zero-order valence-corrected chi connectivity index (χ0v) is 15.3. The van der Waals surface area contributed by atoms with Gasteiger partial charge in [0.05, 0.1) is 25.4 Å². The van der Waals surface area contributed by atoms with Crippen molar-refractivity contribution in [2.45, 2.75) is 45.7 Å². The van der Waals surface area contributed by atoms with Crippen molar-refractivity contribution < 1.29 is 9.47 Å². The second-order valence-electron chi connectivity index (χ2n) is 6.36. The van der Waals surface area contributed by atoms with Crippen LogP contribution in [0.5, 0.6) is 11.5 Å². The first-order valence-corrected chi connectivity index (χ1v) is 8.56. The Morgan fingerprint density at radius 3 is 2.62 bits per heavy atom. The number of anilines is 1. The first kappa shape index (κ1) is 18.3. The number of aromatic nitrogens is 1. The molecule has 132 valence electrons. The maximum atomic E-state index is 5.51. The van der Waals surface area contributed by atoms with Gasteiger partial charge in [0.1, 0.15) is 0 Å². The smallest absolute Gasteiger partial charge is 0.170 e. The highest BCUT2D eigenvalue weighted by Gasteiger charge is 2.15. The van der Waals surface area contributed by atoms with E-state index in [4.69, 9.17) is 9.47 Å². The Balaban J connectivity index is 2.16. The van der Waals surface area contributed by atoms with E-state index >= 15 is 0 Å². The number of rotatable bonds is 9. The summed E-state index contributed by atoms with van der Waals surface area (Å²) in [6.07, 6.45) is 4.02. The van der Waals surface area contributed by atoms with E-state index in [0.717, 1.165) is 41.7 Å². The van der Waals surface area contributed by atoms with Crippen molar-refractivity contribution in [2.24, 2.45) is 0 Å². The van der Waals surface area contributed by atoms with E-state index in [1.807, 2.05) is 18.2 Å². The number of ether oxygens (including phenoxy) is 2. The molecule has 1 aromatic heterocycles. The molecule has 0 amide bonds. The predicted molar refractivity (Wildman–Crippen MR) is 100 cm³/mol. The summed E-state index contributed by atoms with van der Waals surface area (Å²) in [6, 6.07) is 6.77. The number of hydrogen-bond donors (Lipinski definition) is 2. The first-order chi connectivity index (χ1) is 11.6. The number of nitrogens with one attached hydrogen (secondary N) is 2. The van der Waals surface area contributed by atoms with Crippen LogP contribution in [-0.2, 0) is 0 Å². The lowest BCUT2D eigenvalue weighted by molar-refractivity contribution is 0.358. The molecule has 1 aromatic carbocycles. The number of fused-ring (bicyclic) bond motifs is 1. The Kier molecular flexibility index (Phi) is 6.67. The monoisotopic (exact) mass is 331 g/mol.